The number of carbonyl (C=O) groups is 2. The van der Waals surface area contributed by atoms with E-state index in [0.29, 0.717) is 32.6 Å². The fraction of sp³-hybridized carbons (Fsp3) is 0.368. The van der Waals surface area contributed by atoms with Crippen molar-refractivity contribution in [2.24, 2.45) is 5.73 Å². The summed E-state index contributed by atoms with van der Waals surface area (Å²) in [6.45, 7) is 2.49. The Labute approximate surface area is 164 Å². The van der Waals surface area contributed by atoms with E-state index in [1.165, 1.54) is 11.3 Å². The Hall–Kier alpha value is -1.89. The molecular formula is C19H24ClN3O2S. The molecule has 1 aromatic heterocycles. The van der Waals surface area contributed by atoms with Crippen LogP contribution < -0.4 is 5.73 Å². The average Bonchev–Trinajstić information content (AvgIpc) is 3.06. The third-order valence-corrected chi connectivity index (χ3v) is 5.21. The Morgan fingerprint density at radius 1 is 1.04 bits per heavy atom. The topological polar surface area (TPSA) is 66.6 Å². The van der Waals surface area contributed by atoms with E-state index in [9.17, 15) is 9.59 Å². The maximum Gasteiger partial charge on any atom is 0.254 e. The molecule has 0 radical (unpaired) electrons. The normalized spacial score (nSPS) is 15.7. The van der Waals surface area contributed by atoms with Gasteiger partial charge in [-0.05, 0) is 23.4 Å². The molecular weight excluding hydrogens is 370 g/mol. The highest BCUT2D eigenvalue weighted by Crippen LogP contribution is 2.17. The van der Waals surface area contributed by atoms with Gasteiger partial charge in [0.2, 0.25) is 5.91 Å². The quantitative estimate of drug-likeness (QED) is 0.868. The molecule has 1 aliphatic rings. The zero-order chi connectivity index (χ0) is 17.6. The lowest BCUT2D eigenvalue weighted by Gasteiger charge is -2.23. The Morgan fingerprint density at radius 2 is 1.73 bits per heavy atom. The highest BCUT2D eigenvalue weighted by atomic mass is 35.5. The summed E-state index contributed by atoms with van der Waals surface area (Å²) in [7, 11) is 0. The van der Waals surface area contributed by atoms with Crippen LogP contribution in [0.3, 0.4) is 0 Å². The van der Waals surface area contributed by atoms with Crippen molar-refractivity contribution < 1.29 is 9.59 Å². The van der Waals surface area contributed by atoms with Crippen LogP contribution >= 0.6 is 23.7 Å². The predicted octanol–water partition coefficient (Wildman–Crippen LogP) is 2.93. The van der Waals surface area contributed by atoms with Crippen molar-refractivity contribution in [1.82, 2.24) is 9.80 Å². The first kappa shape index (κ1) is 20.4. The van der Waals surface area contributed by atoms with Gasteiger partial charge in [-0.3, -0.25) is 9.59 Å². The minimum atomic E-state index is -0.291. The molecule has 0 spiro atoms. The second kappa shape index (κ2) is 9.71. The SMILES string of the molecule is Cl.NC(CC(=O)N1CCCN(C(=O)c2ccsc2)CC1)c1ccccc1. The summed E-state index contributed by atoms with van der Waals surface area (Å²) in [5, 5.41) is 3.78. The molecule has 1 aromatic carbocycles. The minimum absolute atomic E-state index is 0. The second-order valence-electron chi connectivity index (χ2n) is 6.26. The van der Waals surface area contributed by atoms with Crippen LogP contribution in [0.15, 0.2) is 47.2 Å². The van der Waals surface area contributed by atoms with Crippen LogP contribution in [0, 0.1) is 0 Å². The van der Waals surface area contributed by atoms with E-state index >= 15 is 0 Å². The summed E-state index contributed by atoms with van der Waals surface area (Å²) in [6.07, 6.45) is 1.09. The van der Waals surface area contributed by atoms with Crippen molar-refractivity contribution in [2.45, 2.75) is 18.9 Å². The molecule has 5 nitrogen and oxygen atoms in total. The Kier molecular flexibility index (Phi) is 7.63. The smallest absolute Gasteiger partial charge is 0.254 e. The van der Waals surface area contributed by atoms with Gasteiger partial charge in [-0.1, -0.05) is 30.3 Å². The summed E-state index contributed by atoms with van der Waals surface area (Å²) in [5.74, 6) is 0.109. The van der Waals surface area contributed by atoms with Crippen molar-refractivity contribution in [3.05, 3.63) is 58.3 Å². The Bertz CT molecular complexity index is 709. The molecule has 140 valence electrons. The molecule has 1 aliphatic heterocycles. The van der Waals surface area contributed by atoms with E-state index in [2.05, 4.69) is 0 Å². The van der Waals surface area contributed by atoms with Crippen molar-refractivity contribution in [1.29, 1.82) is 0 Å². The molecule has 2 heterocycles. The molecule has 2 N–H and O–H groups in total. The van der Waals surface area contributed by atoms with Crippen LogP contribution in [-0.2, 0) is 4.79 Å². The molecule has 0 saturated carbocycles. The molecule has 7 heteroatoms. The first-order chi connectivity index (χ1) is 12.1. The van der Waals surface area contributed by atoms with Crippen LogP contribution in [0.5, 0.6) is 0 Å². The van der Waals surface area contributed by atoms with Gasteiger partial charge in [0.05, 0.1) is 5.56 Å². The number of hydrogen-bond acceptors (Lipinski definition) is 4. The number of rotatable bonds is 4. The number of carbonyl (C=O) groups excluding carboxylic acids is 2. The molecule has 0 aliphatic carbocycles. The van der Waals surface area contributed by atoms with Crippen molar-refractivity contribution in [3.63, 3.8) is 0 Å². The molecule has 2 amide bonds. The molecule has 1 fully saturated rings. The third kappa shape index (κ3) is 5.06. The summed E-state index contributed by atoms with van der Waals surface area (Å²) in [6, 6.07) is 11.2. The van der Waals surface area contributed by atoms with Crippen molar-refractivity contribution in [2.75, 3.05) is 26.2 Å². The Morgan fingerprint density at radius 3 is 2.42 bits per heavy atom. The lowest BCUT2D eigenvalue weighted by atomic mass is 10.0. The monoisotopic (exact) mass is 393 g/mol. The van der Waals surface area contributed by atoms with Gasteiger partial charge in [0.1, 0.15) is 0 Å². The summed E-state index contributed by atoms with van der Waals surface area (Å²) < 4.78 is 0. The van der Waals surface area contributed by atoms with E-state index in [0.717, 1.165) is 17.5 Å². The number of hydrogen-bond donors (Lipinski definition) is 1. The van der Waals surface area contributed by atoms with E-state index in [1.54, 1.807) is 0 Å². The standard InChI is InChI=1S/C19H23N3O2S.ClH/c20-17(15-5-2-1-3-6-15)13-18(23)21-8-4-9-22(11-10-21)19(24)16-7-12-25-14-16;/h1-3,5-7,12,14,17H,4,8-11,13,20H2;1H. The van der Waals surface area contributed by atoms with Gasteiger partial charge < -0.3 is 15.5 Å². The van der Waals surface area contributed by atoms with Gasteiger partial charge in [-0.15, -0.1) is 12.4 Å². The zero-order valence-electron chi connectivity index (χ0n) is 14.5. The molecule has 0 bridgehead atoms. The predicted molar refractivity (Wildman–Crippen MR) is 107 cm³/mol. The van der Waals surface area contributed by atoms with Crippen LogP contribution in [0.4, 0.5) is 0 Å². The molecule has 2 aromatic rings. The van der Waals surface area contributed by atoms with Gasteiger partial charge in [0, 0.05) is 44.0 Å². The highest BCUT2D eigenvalue weighted by molar-refractivity contribution is 7.08. The van der Waals surface area contributed by atoms with Crippen LogP contribution in [-0.4, -0.2) is 47.8 Å². The number of thiophene rings is 1. The van der Waals surface area contributed by atoms with Crippen LogP contribution in [0.1, 0.15) is 34.8 Å². The van der Waals surface area contributed by atoms with Crippen LogP contribution in [0.2, 0.25) is 0 Å². The maximum absolute atomic E-state index is 12.6. The van der Waals surface area contributed by atoms with Gasteiger partial charge in [0.25, 0.3) is 5.91 Å². The van der Waals surface area contributed by atoms with E-state index in [-0.39, 0.29) is 30.3 Å². The first-order valence-corrected chi connectivity index (χ1v) is 9.49. The van der Waals surface area contributed by atoms with Gasteiger partial charge in [0.15, 0.2) is 0 Å². The average molecular weight is 394 g/mol. The lowest BCUT2D eigenvalue weighted by molar-refractivity contribution is -0.131. The number of amides is 2. The summed E-state index contributed by atoms with van der Waals surface area (Å²) >= 11 is 1.52. The molecule has 1 atom stereocenters. The van der Waals surface area contributed by atoms with Crippen LogP contribution in [0.25, 0.3) is 0 Å². The fourth-order valence-corrected chi connectivity index (χ4v) is 3.70. The van der Waals surface area contributed by atoms with E-state index < -0.39 is 0 Å². The van der Waals surface area contributed by atoms with E-state index in [1.807, 2.05) is 57.0 Å². The number of nitrogens with two attached hydrogens (primary N) is 1. The van der Waals surface area contributed by atoms with Crippen molar-refractivity contribution >= 4 is 35.6 Å². The number of halogens is 1. The van der Waals surface area contributed by atoms with Gasteiger partial charge in [-0.25, -0.2) is 0 Å². The number of benzene rings is 1. The van der Waals surface area contributed by atoms with Gasteiger partial charge >= 0.3 is 0 Å². The molecule has 3 rings (SSSR count). The fourth-order valence-electron chi connectivity index (χ4n) is 3.07. The van der Waals surface area contributed by atoms with Gasteiger partial charge in [-0.2, -0.15) is 11.3 Å². The lowest BCUT2D eigenvalue weighted by Crippen LogP contribution is -2.38. The highest BCUT2D eigenvalue weighted by Gasteiger charge is 2.24. The summed E-state index contributed by atoms with van der Waals surface area (Å²) in [5.41, 5.74) is 7.87. The first-order valence-electron chi connectivity index (χ1n) is 8.55. The number of nitrogens with zero attached hydrogens (tertiary/aromatic N) is 2. The van der Waals surface area contributed by atoms with Crippen molar-refractivity contribution in [3.8, 4) is 0 Å². The summed E-state index contributed by atoms with van der Waals surface area (Å²) in [4.78, 5) is 28.7. The zero-order valence-corrected chi connectivity index (χ0v) is 16.2. The third-order valence-electron chi connectivity index (χ3n) is 4.53. The minimum Gasteiger partial charge on any atom is -0.341 e. The Balaban J connectivity index is 0.00000243. The molecule has 1 unspecified atom stereocenters. The van der Waals surface area contributed by atoms with E-state index in [4.69, 9.17) is 5.73 Å². The molecule has 1 saturated heterocycles. The molecule has 26 heavy (non-hydrogen) atoms. The maximum atomic E-state index is 12.6. The second-order valence-corrected chi connectivity index (χ2v) is 7.04. The largest absolute Gasteiger partial charge is 0.341 e.